The minimum Gasteiger partial charge on any atom is -0.494 e. The third kappa shape index (κ3) is 5.47. The third-order valence-electron chi connectivity index (χ3n) is 6.50. The Morgan fingerprint density at radius 2 is 2.02 bits per heavy atom. The fraction of sp³-hybridized carbons (Fsp3) is 0.250. The molecule has 0 radical (unpaired) electrons. The molecule has 1 unspecified atom stereocenters. The van der Waals surface area contributed by atoms with Crippen molar-refractivity contribution in [2.45, 2.75) is 19.4 Å². The summed E-state index contributed by atoms with van der Waals surface area (Å²) in [4.78, 5) is 39.9. The van der Waals surface area contributed by atoms with Gasteiger partial charge in [0.2, 0.25) is 11.9 Å². The molecule has 0 aliphatic carbocycles. The first-order chi connectivity index (χ1) is 19.2. The van der Waals surface area contributed by atoms with Crippen LogP contribution < -0.4 is 25.7 Å². The molecule has 5 rings (SSSR count). The zero-order chi connectivity index (χ0) is 28.4. The maximum absolute atomic E-state index is 14.0. The smallest absolute Gasteiger partial charge is 0.284 e. The number of nitrogens with one attached hydrogen (secondary N) is 2. The number of likely N-dealkylation sites (N-methyl/N-ethyl adjacent to an activating group) is 1. The number of carbonyl (C=O) groups excluding carboxylic acids is 1. The molecule has 1 amide bonds. The average molecular weight is 546 g/mol. The number of methoxy groups -OCH3 is 1. The van der Waals surface area contributed by atoms with Crippen LogP contribution in [0.2, 0.25) is 0 Å². The molecule has 4 aromatic rings. The Morgan fingerprint density at radius 3 is 2.73 bits per heavy atom. The highest BCUT2D eigenvalue weighted by atomic mass is 19.1. The number of benzene rings is 2. The summed E-state index contributed by atoms with van der Waals surface area (Å²) in [5.74, 6) is 0.469. The second-order valence-corrected chi connectivity index (χ2v) is 9.37. The van der Waals surface area contributed by atoms with Crippen molar-refractivity contribution in [2.75, 3.05) is 37.9 Å². The van der Waals surface area contributed by atoms with Gasteiger partial charge in [-0.15, -0.1) is 0 Å². The van der Waals surface area contributed by atoms with Gasteiger partial charge in [0.1, 0.15) is 34.6 Å². The highest BCUT2D eigenvalue weighted by Crippen LogP contribution is 2.39. The van der Waals surface area contributed by atoms with Crippen molar-refractivity contribution >= 4 is 34.3 Å². The Morgan fingerprint density at radius 1 is 1.20 bits per heavy atom. The Bertz CT molecular complexity index is 1670. The van der Waals surface area contributed by atoms with Gasteiger partial charge in [0.15, 0.2) is 5.65 Å². The number of fused-ring (bicyclic) bond motifs is 1. The summed E-state index contributed by atoms with van der Waals surface area (Å²) in [7, 11) is 3.53. The van der Waals surface area contributed by atoms with Gasteiger partial charge < -0.3 is 25.0 Å². The maximum atomic E-state index is 14.0. The first-order valence-corrected chi connectivity index (χ1v) is 12.6. The fourth-order valence-corrected chi connectivity index (χ4v) is 4.59. The normalized spacial score (nSPS) is 15.2. The molecule has 2 aromatic carbocycles. The van der Waals surface area contributed by atoms with Crippen molar-refractivity contribution in [3.05, 3.63) is 77.2 Å². The van der Waals surface area contributed by atoms with Crippen LogP contribution >= 0.6 is 0 Å². The molecule has 40 heavy (non-hydrogen) atoms. The van der Waals surface area contributed by atoms with Gasteiger partial charge >= 0.3 is 0 Å². The Labute approximate surface area is 229 Å². The van der Waals surface area contributed by atoms with Gasteiger partial charge in [0.05, 0.1) is 24.2 Å². The highest BCUT2D eigenvalue weighted by Gasteiger charge is 2.24. The SMILES string of the molecule is C=CC(=O)Nc1cc(Nc2ncc3c(=O)nc(C)n(-c4cccc(F)c4)c3n2)c(OC)cc1OC1CCN(C)C1. The Balaban J connectivity index is 1.57. The van der Waals surface area contributed by atoms with Gasteiger partial charge in [-0.1, -0.05) is 12.6 Å². The number of anilines is 3. The molecular formula is C28H28FN7O4. The lowest BCUT2D eigenvalue weighted by Gasteiger charge is -2.20. The molecule has 12 heteroatoms. The van der Waals surface area contributed by atoms with Gasteiger partial charge in [-0.3, -0.25) is 14.2 Å². The van der Waals surface area contributed by atoms with Gasteiger partial charge in [0.25, 0.3) is 5.56 Å². The van der Waals surface area contributed by atoms with Crippen LogP contribution in [-0.4, -0.2) is 63.7 Å². The van der Waals surface area contributed by atoms with E-state index in [1.165, 1.54) is 31.5 Å². The van der Waals surface area contributed by atoms with Crippen molar-refractivity contribution in [3.63, 3.8) is 0 Å². The Kier molecular flexibility index (Phi) is 7.43. The predicted octanol–water partition coefficient (Wildman–Crippen LogP) is 3.58. The van der Waals surface area contributed by atoms with E-state index in [0.717, 1.165) is 19.5 Å². The molecule has 1 aliphatic heterocycles. The van der Waals surface area contributed by atoms with E-state index in [1.54, 1.807) is 35.8 Å². The summed E-state index contributed by atoms with van der Waals surface area (Å²) in [6.45, 7) is 6.83. The number of nitrogens with zero attached hydrogens (tertiary/aromatic N) is 5. The van der Waals surface area contributed by atoms with Crippen molar-refractivity contribution < 1.29 is 18.7 Å². The largest absolute Gasteiger partial charge is 0.494 e. The first-order valence-electron chi connectivity index (χ1n) is 12.6. The summed E-state index contributed by atoms with van der Waals surface area (Å²) in [6.07, 6.45) is 3.32. The number of halogens is 1. The maximum Gasteiger partial charge on any atom is 0.284 e. The molecule has 0 saturated carbocycles. The van der Waals surface area contributed by atoms with E-state index in [1.807, 2.05) is 7.05 Å². The van der Waals surface area contributed by atoms with Crippen LogP contribution in [0.15, 0.2) is 60.0 Å². The van der Waals surface area contributed by atoms with Gasteiger partial charge in [-0.05, 0) is 50.7 Å². The van der Waals surface area contributed by atoms with Crippen molar-refractivity contribution in [1.29, 1.82) is 0 Å². The summed E-state index contributed by atoms with van der Waals surface area (Å²) in [6, 6.07) is 9.23. The van der Waals surface area contributed by atoms with E-state index >= 15 is 0 Å². The van der Waals surface area contributed by atoms with Gasteiger partial charge in [-0.2, -0.15) is 9.97 Å². The Hall–Kier alpha value is -4.84. The number of carbonyl (C=O) groups is 1. The van der Waals surface area contributed by atoms with E-state index in [4.69, 9.17) is 9.47 Å². The summed E-state index contributed by atoms with van der Waals surface area (Å²) < 4.78 is 27.5. The molecule has 206 valence electrons. The van der Waals surface area contributed by atoms with Crippen LogP contribution in [0.1, 0.15) is 12.2 Å². The standard InChI is InChI=1S/C28H28FN7O4/c1-5-25(37)32-22-12-21(23(39-4)13-24(22)40-19-9-10-35(3)15-19)33-28-30-14-20-26(34-28)36(16(2)31-27(20)38)18-8-6-7-17(29)11-18/h5-8,11-14,19H,1,9-10,15H2,2-4H3,(H,32,37)(H,30,33,34). The number of aromatic nitrogens is 4. The lowest BCUT2D eigenvalue weighted by atomic mass is 10.2. The number of hydrogen-bond acceptors (Lipinski definition) is 9. The third-order valence-corrected chi connectivity index (χ3v) is 6.50. The number of aryl methyl sites for hydroxylation is 1. The van der Waals surface area contributed by atoms with E-state index in [2.05, 4.69) is 37.1 Å². The van der Waals surface area contributed by atoms with Crippen LogP contribution in [0.25, 0.3) is 16.7 Å². The molecule has 0 bridgehead atoms. The molecule has 2 N–H and O–H groups in total. The molecule has 1 aliphatic rings. The van der Waals surface area contributed by atoms with Crippen LogP contribution in [0, 0.1) is 12.7 Å². The number of rotatable bonds is 8. The molecule has 1 fully saturated rings. The van der Waals surface area contributed by atoms with Crippen molar-refractivity contribution in [3.8, 4) is 17.2 Å². The zero-order valence-electron chi connectivity index (χ0n) is 22.3. The number of amides is 1. The van der Waals surface area contributed by atoms with Crippen molar-refractivity contribution in [2.24, 2.45) is 0 Å². The summed E-state index contributed by atoms with van der Waals surface area (Å²) >= 11 is 0. The van der Waals surface area contributed by atoms with E-state index in [-0.39, 0.29) is 23.1 Å². The average Bonchev–Trinajstić information content (AvgIpc) is 3.34. The first kappa shape index (κ1) is 26.8. The van der Waals surface area contributed by atoms with E-state index in [0.29, 0.717) is 34.4 Å². The minimum absolute atomic E-state index is 0.0480. The number of hydrogen-bond donors (Lipinski definition) is 2. The van der Waals surface area contributed by atoms with Crippen LogP contribution in [-0.2, 0) is 4.79 Å². The lowest BCUT2D eigenvalue weighted by Crippen LogP contribution is -2.22. The molecule has 3 heterocycles. The van der Waals surface area contributed by atoms with Gasteiger partial charge in [-0.25, -0.2) is 9.37 Å². The summed E-state index contributed by atoms with van der Waals surface area (Å²) in [5.41, 5.74) is 1.02. The van der Waals surface area contributed by atoms with E-state index in [9.17, 15) is 14.0 Å². The molecule has 1 saturated heterocycles. The molecular weight excluding hydrogens is 517 g/mol. The van der Waals surface area contributed by atoms with Gasteiger partial charge in [0, 0.05) is 25.4 Å². The predicted molar refractivity (Wildman–Crippen MR) is 149 cm³/mol. The number of likely N-dealkylation sites (tertiary alicyclic amines) is 1. The second kappa shape index (κ2) is 11.1. The molecule has 11 nitrogen and oxygen atoms in total. The monoisotopic (exact) mass is 545 g/mol. The molecule has 0 spiro atoms. The topological polar surface area (TPSA) is 124 Å². The summed E-state index contributed by atoms with van der Waals surface area (Å²) in [5, 5.41) is 6.05. The second-order valence-electron chi connectivity index (χ2n) is 9.37. The quantitative estimate of drug-likeness (QED) is 0.320. The minimum atomic E-state index is -0.502. The van der Waals surface area contributed by atoms with Crippen molar-refractivity contribution in [1.82, 2.24) is 24.4 Å². The zero-order valence-corrected chi connectivity index (χ0v) is 22.3. The lowest BCUT2D eigenvalue weighted by molar-refractivity contribution is -0.111. The fourth-order valence-electron chi connectivity index (χ4n) is 4.59. The van der Waals surface area contributed by atoms with Crippen LogP contribution in [0.4, 0.5) is 21.7 Å². The highest BCUT2D eigenvalue weighted by molar-refractivity contribution is 6.00. The number of ether oxygens (including phenoxy) is 2. The molecule has 2 aromatic heterocycles. The van der Waals surface area contributed by atoms with E-state index < -0.39 is 17.3 Å². The van der Waals surface area contributed by atoms with Crippen LogP contribution in [0.3, 0.4) is 0 Å². The van der Waals surface area contributed by atoms with Crippen LogP contribution in [0.5, 0.6) is 11.5 Å². The molecule has 1 atom stereocenters.